The van der Waals surface area contributed by atoms with E-state index in [2.05, 4.69) is 11.4 Å². The summed E-state index contributed by atoms with van der Waals surface area (Å²) in [6, 6.07) is 6.37. The van der Waals surface area contributed by atoms with Crippen molar-refractivity contribution < 1.29 is 4.74 Å². The fraction of sp³-hybridized carbons (Fsp3) is 0.600. The van der Waals surface area contributed by atoms with Crippen LogP contribution < -0.4 is 5.32 Å². The van der Waals surface area contributed by atoms with Gasteiger partial charge in [-0.05, 0) is 50.4 Å². The minimum absolute atomic E-state index is 0.449. The van der Waals surface area contributed by atoms with Gasteiger partial charge in [-0.25, -0.2) is 0 Å². The molecule has 2 aliphatic rings. The van der Waals surface area contributed by atoms with Crippen LogP contribution in [-0.2, 0) is 11.2 Å². The Balaban J connectivity index is 1.71. The summed E-state index contributed by atoms with van der Waals surface area (Å²) in [4.78, 5) is 0. The summed E-state index contributed by atoms with van der Waals surface area (Å²) in [6.07, 6.45) is 5.58. The number of hydrogen-bond acceptors (Lipinski definition) is 2. The third-order valence-corrected chi connectivity index (χ3v) is 5.22. The van der Waals surface area contributed by atoms with E-state index in [9.17, 15) is 0 Å². The zero-order valence-electron chi connectivity index (χ0n) is 11.0. The van der Waals surface area contributed by atoms with Crippen LogP contribution >= 0.6 is 23.2 Å². The largest absolute Gasteiger partial charge is 0.375 e. The topological polar surface area (TPSA) is 21.3 Å². The number of rotatable bonds is 4. The van der Waals surface area contributed by atoms with Crippen molar-refractivity contribution in [3.8, 4) is 0 Å². The smallest absolute Gasteiger partial charge is 0.0623 e. The van der Waals surface area contributed by atoms with Crippen molar-refractivity contribution in [2.45, 2.75) is 43.9 Å². The molecule has 4 unspecified atom stereocenters. The van der Waals surface area contributed by atoms with Crippen molar-refractivity contribution in [2.75, 3.05) is 7.05 Å². The Morgan fingerprint density at radius 1 is 1.32 bits per heavy atom. The van der Waals surface area contributed by atoms with Crippen molar-refractivity contribution >= 4 is 23.2 Å². The molecule has 1 N–H and O–H groups in total. The van der Waals surface area contributed by atoms with E-state index in [4.69, 9.17) is 27.9 Å². The predicted octanol–water partition coefficient (Wildman–Crippen LogP) is 3.69. The summed E-state index contributed by atoms with van der Waals surface area (Å²) in [5.74, 6) is 0.623. The normalized spacial score (nSPS) is 30.8. The van der Waals surface area contributed by atoms with E-state index in [0.717, 1.165) is 6.42 Å². The Kier molecular flexibility index (Phi) is 4.04. The molecule has 2 nitrogen and oxygen atoms in total. The maximum absolute atomic E-state index is 6.09. The highest BCUT2D eigenvalue weighted by atomic mass is 35.5. The average molecular weight is 300 g/mol. The average Bonchev–Trinajstić information content (AvgIpc) is 3.02. The van der Waals surface area contributed by atoms with Crippen molar-refractivity contribution in [3.63, 3.8) is 0 Å². The lowest BCUT2D eigenvalue weighted by atomic mass is 9.81. The molecule has 0 amide bonds. The molecule has 2 saturated heterocycles. The van der Waals surface area contributed by atoms with Crippen molar-refractivity contribution in [3.05, 3.63) is 33.8 Å². The Morgan fingerprint density at radius 3 is 2.74 bits per heavy atom. The second-order valence-electron chi connectivity index (χ2n) is 5.62. The summed E-state index contributed by atoms with van der Waals surface area (Å²) in [5, 5.41) is 4.71. The molecule has 19 heavy (non-hydrogen) atoms. The SMILES string of the molecule is CNC(Cc1ccc(Cl)c(Cl)c1)C1CC2CCC1O2. The third kappa shape index (κ3) is 2.78. The van der Waals surface area contributed by atoms with E-state index < -0.39 is 0 Å². The van der Waals surface area contributed by atoms with Crippen molar-refractivity contribution in [2.24, 2.45) is 5.92 Å². The summed E-state index contributed by atoms with van der Waals surface area (Å²) < 4.78 is 5.96. The fourth-order valence-electron chi connectivity index (χ4n) is 3.49. The van der Waals surface area contributed by atoms with E-state index in [1.165, 1.54) is 24.8 Å². The molecule has 0 saturated carbocycles. The standard InChI is InChI=1S/C15H19Cl2NO/c1-18-14(11-8-10-3-5-15(11)19-10)7-9-2-4-12(16)13(17)6-9/h2,4,6,10-11,14-15,18H,3,5,7-8H2,1H3. The number of benzene rings is 1. The molecule has 0 aromatic heterocycles. The second kappa shape index (κ2) is 5.61. The molecular weight excluding hydrogens is 281 g/mol. The maximum atomic E-state index is 6.09. The van der Waals surface area contributed by atoms with Crippen LogP contribution in [0.4, 0.5) is 0 Å². The van der Waals surface area contributed by atoms with Crippen LogP contribution in [0.5, 0.6) is 0 Å². The lowest BCUT2D eigenvalue weighted by Crippen LogP contribution is -2.40. The number of ether oxygens (including phenoxy) is 1. The van der Waals surface area contributed by atoms with E-state index in [1.54, 1.807) is 0 Å². The number of nitrogens with one attached hydrogen (secondary N) is 1. The lowest BCUT2D eigenvalue weighted by molar-refractivity contribution is 0.0863. The quantitative estimate of drug-likeness (QED) is 0.915. The first kappa shape index (κ1) is 13.7. The lowest BCUT2D eigenvalue weighted by Gasteiger charge is -2.28. The molecule has 0 spiro atoms. The van der Waals surface area contributed by atoms with Gasteiger partial charge in [-0.1, -0.05) is 29.3 Å². The number of halogens is 2. The molecule has 0 radical (unpaired) electrons. The summed E-state index contributed by atoms with van der Waals surface area (Å²) in [7, 11) is 2.04. The minimum atomic E-state index is 0.449. The van der Waals surface area contributed by atoms with E-state index in [-0.39, 0.29) is 0 Å². The molecule has 3 rings (SSSR count). The van der Waals surface area contributed by atoms with Crippen LogP contribution in [0.1, 0.15) is 24.8 Å². The number of fused-ring (bicyclic) bond motifs is 2. The molecule has 2 aliphatic heterocycles. The van der Waals surface area contributed by atoms with Gasteiger partial charge in [-0.15, -0.1) is 0 Å². The summed E-state index contributed by atoms with van der Waals surface area (Å²) >= 11 is 12.0. The first-order valence-corrected chi connectivity index (χ1v) is 7.69. The molecule has 2 bridgehead atoms. The monoisotopic (exact) mass is 299 g/mol. The van der Waals surface area contributed by atoms with Crippen LogP contribution in [0.2, 0.25) is 10.0 Å². The Bertz CT molecular complexity index is 465. The van der Waals surface area contributed by atoms with E-state index in [0.29, 0.717) is 34.2 Å². The number of hydrogen-bond donors (Lipinski definition) is 1. The Morgan fingerprint density at radius 2 is 2.16 bits per heavy atom. The van der Waals surface area contributed by atoms with Gasteiger partial charge in [0.2, 0.25) is 0 Å². The highest BCUT2D eigenvalue weighted by Crippen LogP contribution is 2.41. The molecular formula is C15H19Cl2NO. The van der Waals surface area contributed by atoms with Gasteiger partial charge in [0.25, 0.3) is 0 Å². The molecule has 104 valence electrons. The number of likely N-dealkylation sites (N-methyl/N-ethyl adjacent to an activating group) is 1. The first-order valence-electron chi connectivity index (χ1n) is 6.94. The second-order valence-corrected chi connectivity index (χ2v) is 6.44. The Labute approximate surface area is 124 Å². The van der Waals surface area contributed by atoms with Crippen LogP contribution in [0, 0.1) is 5.92 Å². The van der Waals surface area contributed by atoms with E-state index >= 15 is 0 Å². The zero-order valence-corrected chi connectivity index (χ0v) is 12.5. The van der Waals surface area contributed by atoms with Gasteiger partial charge in [0.15, 0.2) is 0 Å². The van der Waals surface area contributed by atoms with Crippen LogP contribution in [0.3, 0.4) is 0 Å². The maximum Gasteiger partial charge on any atom is 0.0623 e. The van der Waals surface area contributed by atoms with Gasteiger partial charge in [-0.2, -0.15) is 0 Å². The predicted molar refractivity (Wildman–Crippen MR) is 79.0 cm³/mol. The van der Waals surface area contributed by atoms with Gasteiger partial charge in [0.05, 0.1) is 22.3 Å². The molecule has 2 fully saturated rings. The minimum Gasteiger partial charge on any atom is -0.375 e. The molecule has 1 aromatic rings. The molecule has 4 atom stereocenters. The van der Waals surface area contributed by atoms with Gasteiger partial charge in [0.1, 0.15) is 0 Å². The van der Waals surface area contributed by atoms with Crippen LogP contribution in [0.15, 0.2) is 18.2 Å². The first-order chi connectivity index (χ1) is 9.17. The third-order valence-electron chi connectivity index (χ3n) is 4.48. The highest BCUT2D eigenvalue weighted by molar-refractivity contribution is 6.42. The zero-order chi connectivity index (χ0) is 13.4. The van der Waals surface area contributed by atoms with Gasteiger partial charge >= 0.3 is 0 Å². The van der Waals surface area contributed by atoms with Crippen LogP contribution in [0.25, 0.3) is 0 Å². The molecule has 1 aromatic carbocycles. The highest BCUT2D eigenvalue weighted by Gasteiger charge is 2.43. The fourth-order valence-corrected chi connectivity index (χ4v) is 3.81. The van der Waals surface area contributed by atoms with E-state index in [1.807, 2.05) is 19.2 Å². The van der Waals surface area contributed by atoms with Crippen molar-refractivity contribution in [1.29, 1.82) is 0 Å². The summed E-state index contributed by atoms with van der Waals surface area (Å²) in [6.45, 7) is 0. The van der Waals surface area contributed by atoms with Crippen LogP contribution in [-0.4, -0.2) is 25.3 Å². The van der Waals surface area contributed by atoms with Crippen molar-refractivity contribution in [1.82, 2.24) is 5.32 Å². The molecule has 4 heteroatoms. The molecule has 0 aliphatic carbocycles. The van der Waals surface area contributed by atoms with Gasteiger partial charge in [0, 0.05) is 12.0 Å². The summed E-state index contributed by atoms with van der Waals surface area (Å²) in [5.41, 5.74) is 1.23. The molecule has 2 heterocycles. The van der Waals surface area contributed by atoms with Gasteiger partial charge in [-0.3, -0.25) is 0 Å². The van der Waals surface area contributed by atoms with Gasteiger partial charge < -0.3 is 10.1 Å². The Hall–Kier alpha value is -0.280.